The molecular weight excluding hydrogens is 356 g/mol. The van der Waals surface area contributed by atoms with E-state index in [-0.39, 0.29) is 18.4 Å². The molecule has 4 rings (SSSR count). The van der Waals surface area contributed by atoms with E-state index in [1.807, 2.05) is 42.5 Å². The van der Waals surface area contributed by atoms with Crippen molar-refractivity contribution in [3.05, 3.63) is 53.6 Å². The summed E-state index contributed by atoms with van der Waals surface area (Å²) in [5.74, 6) is 1.38. The van der Waals surface area contributed by atoms with Gasteiger partial charge < -0.3 is 19.7 Å². The minimum atomic E-state index is -0.0987. The van der Waals surface area contributed by atoms with Crippen molar-refractivity contribution in [3.63, 3.8) is 0 Å². The number of rotatable bonds is 6. The Kier molecular flexibility index (Phi) is 5.46. The van der Waals surface area contributed by atoms with Crippen LogP contribution in [-0.4, -0.2) is 38.1 Å². The van der Waals surface area contributed by atoms with E-state index >= 15 is 0 Å². The molecule has 2 aliphatic rings. The zero-order chi connectivity index (χ0) is 19.3. The summed E-state index contributed by atoms with van der Waals surface area (Å²) in [6.45, 7) is 1.86. The number of hydrogen-bond acceptors (Lipinski definition) is 4. The van der Waals surface area contributed by atoms with Gasteiger partial charge in [-0.15, -0.1) is 0 Å². The number of anilines is 1. The number of hydrogen-bond donors (Lipinski definition) is 1. The predicted octanol–water partition coefficient (Wildman–Crippen LogP) is 2.49. The maximum Gasteiger partial charge on any atom is 0.246 e. The SMILES string of the molecule is O=C(CCCc1ccc2c(c1)OCCO2)NCC(=O)N1CCc2ccccc21. The van der Waals surface area contributed by atoms with Gasteiger partial charge in [0.05, 0.1) is 6.54 Å². The summed E-state index contributed by atoms with van der Waals surface area (Å²) < 4.78 is 11.1. The van der Waals surface area contributed by atoms with E-state index in [0.717, 1.165) is 35.6 Å². The molecule has 2 aliphatic heterocycles. The first-order chi connectivity index (χ1) is 13.7. The van der Waals surface area contributed by atoms with Crippen molar-refractivity contribution in [2.75, 3.05) is 31.2 Å². The highest BCUT2D eigenvalue weighted by molar-refractivity contribution is 5.98. The summed E-state index contributed by atoms with van der Waals surface area (Å²) >= 11 is 0. The lowest BCUT2D eigenvalue weighted by Gasteiger charge is -2.19. The molecule has 0 saturated heterocycles. The van der Waals surface area contributed by atoms with Gasteiger partial charge in [0.1, 0.15) is 13.2 Å². The minimum Gasteiger partial charge on any atom is -0.486 e. The molecule has 146 valence electrons. The van der Waals surface area contributed by atoms with Gasteiger partial charge in [0.25, 0.3) is 0 Å². The molecule has 0 radical (unpaired) electrons. The number of carbonyl (C=O) groups is 2. The molecule has 2 heterocycles. The number of ether oxygens (including phenoxy) is 2. The van der Waals surface area contributed by atoms with Gasteiger partial charge in [-0.2, -0.15) is 0 Å². The van der Waals surface area contributed by atoms with Crippen molar-refractivity contribution in [1.82, 2.24) is 5.32 Å². The Balaban J connectivity index is 1.21. The fourth-order valence-electron chi connectivity index (χ4n) is 3.65. The van der Waals surface area contributed by atoms with E-state index in [2.05, 4.69) is 5.32 Å². The third-order valence-corrected chi connectivity index (χ3v) is 5.10. The summed E-state index contributed by atoms with van der Waals surface area (Å²) in [6.07, 6.45) is 2.74. The smallest absolute Gasteiger partial charge is 0.246 e. The van der Waals surface area contributed by atoms with Crippen molar-refractivity contribution in [1.29, 1.82) is 0 Å². The van der Waals surface area contributed by atoms with Crippen molar-refractivity contribution in [2.45, 2.75) is 25.7 Å². The lowest BCUT2D eigenvalue weighted by Crippen LogP contribution is -2.39. The van der Waals surface area contributed by atoms with E-state index < -0.39 is 0 Å². The van der Waals surface area contributed by atoms with Crippen LogP contribution in [0.2, 0.25) is 0 Å². The molecule has 0 spiro atoms. The fourth-order valence-corrected chi connectivity index (χ4v) is 3.65. The zero-order valence-electron chi connectivity index (χ0n) is 15.8. The average Bonchev–Trinajstić information content (AvgIpc) is 3.16. The maximum atomic E-state index is 12.4. The Morgan fingerprint density at radius 1 is 1.04 bits per heavy atom. The molecule has 0 atom stereocenters. The Hall–Kier alpha value is -3.02. The second kappa shape index (κ2) is 8.33. The molecule has 6 heteroatoms. The molecule has 0 unspecified atom stereocenters. The first-order valence-electron chi connectivity index (χ1n) is 9.74. The highest BCUT2D eigenvalue weighted by Crippen LogP contribution is 2.31. The van der Waals surface area contributed by atoms with Crippen LogP contribution >= 0.6 is 0 Å². The monoisotopic (exact) mass is 380 g/mol. The Morgan fingerprint density at radius 2 is 1.86 bits per heavy atom. The molecule has 0 bridgehead atoms. The third kappa shape index (κ3) is 4.11. The van der Waals surface area contributed by atoms with Crippen LogP contribution in [0.25, 0.3) is 0 Å². The van der Waals surface area contributed by atoms with E-state index in [4.69, 9.17) is 9.47 Å². The van der Waals surface area contributed by atoms with E-state index in [9.17, 15) is 9.59 Å². The molecule has 6 nitrogen and oxygen atoms in total. The van der Waals surface area contributed by atoms with Gasteiger partial charge in [-0.25, -0.2) is 0 Å². The second-order valence-electron chi connectivity index (χ2n) is 7.03. The van der Waals surface area contributed by atoms with Crippen LogP contribution in [0.15, 0.2) is 42.5 Å². The average molecular weight is 380 g/mol. The fraction of sp³-hybridized carbons (Fsp3) is 0.364. The van der Waals surface area contributed by atoms with Crippen LogP contribution in [0.4, 0.5) is 5.69 Å². The van der Waals surface area contributed by atoms with Crippen LogP contribution in [0.3, 0.4) is 0 Å². The molecule has 0 saturated carbocycles. The van der Waals surface area contributed by atoms with Gasteiger partial charge >= 0.3 is 0 Å². The molecule has 0 fully saturated rings. The predicted molar refractivity (Wildman–Crippen MR) is 106 cm³/mol. The zero-order valence-corrected chi connectivity index (χ0v) is 15.8. The van der Waals surface area contributed by atoms with Crippen molar-refractivity contribution in [3.8, 4) is 11.5 Å². The van der Waals surface area contributed by atoms with Crippen LogP contribution in [0.1, 0.15) is 24.0 Å². The third-order valence-electron chi connectivity index (χ3n) is 5.10. The normalized spacial score (nSPS) is 14.5. The second-order valence-corrected chi connectivity index (χ2v) is 7.03. The molecule has 2 aromatic carbocycles. The number of para-hydroxylation sites is 1. The number of nitrogens with one attached hydrogen (secondary N) is 1. The molecule has 28 heavy (non-hydrogen) atoms. The topological polar surface area (TPSA) is 67.9 Å². The largest absolute Gasteiger partial charge is 0.486 e. The highest BCUT2D eigenvalue weighted by Gasteiger charge is 2.24. The van der Waals surface area contributed by atoms with Crippen LogP contribution in [0.5, 0.6) is 11.5 Å². The van der Waals surface area contributed by atoms with Gasteiger partial charge in [-0.05, 0) is 48.6 Å². The van der Waals surface area contributed by atoms with Gasteiger partial charge in [0.15, 0.2) is 11.5 Å². The molecule has 2 aromatic rings. The molecular formula is C22H24N2O4. The first kappa shape index (κ1) is 18.3. The van der Waals surface area contributed by atoms with Crippen molar-refractivity contribution < 1.29 is 19.1 Å². The summed E-state index contributed by atoms with van der Waals surface area (Å²) in [4.78, 5) is 26.3. The van der Waals surface area contributed by atoms with Gasteiger partial charge in [-0.3, -0.25) is 9.59 Å². The van der Waals surface area contributed by atoms with E-state index in [1.165, 1.54) is 5.56 Å². The highest BCUT2D eigenvalue weighted by atomic mass is 16.6. The molecule has 0 aromatic heterocycles. The first-order valence-corrected chi connectivity index (χ1v) is 9.74. The lowest BCUT2D eigenvalue weighted by molar-refractivity contribution is -0.125. The van der Waals surface area contributed by atoms with E-state index in [0.29, 0.717) is 32.6 Å². The number of carbonyl (C=O) groups excluding carboxylic acids is 2. The minimum absolute atomic E-state index is 0.0389. The maximum absolute atomic E-state index is 12.4. The van der Waals surface area contributed by atoms with E-state index in [1.54, 1.807) is 4.90 Å². The van der Waals surface area contributed by atoms with Gasteiger partial charge in [0, 0.05) is 18.7 Å². The van der Waals surface area contributed by atoms with Gasteiger partial charge in [-0.1, -0.05) is 24.3 Å². The summed E-state index contributed by atoms with van der Waals surface area (Å²) in [7, 11) is 0. The van der Waals surface area contributed by atoms with Crippen molar-refractivity contribution in [2.24, 2.45) is 0 Å². The Labute approximate surface area is 164 Å². The number of benzene rings is 2. The number of amides is 2. The number of aryl methyl sites for hydroxylation is 1. The van der Waals surface area contributed by atoms with Crippen LogP contribution in [0, 0.1) is 0 Å². The lowest BCUT2D eigenvalue weighted by atomic mass is 10.1. The summed E-state index contributed by atoms with van der Waals surface area (Å²) in [6, 6.07) is 13.8. The molecule has 2 amide bonds. The molecule has 0 aliphatic carbocycles. The number of fused-ring (bicyclic) bond motifs is 2. The standard InChI is InChI=1S/C22H24N2O4/c25-21(7-3-4-16-8-9-19-20(14-16)28-13-12-27-19)23-15-22(26)24-11-10-17-5-1-2-6-18(17)24/h1-2,5-6,8-9,14H,3-4,7,10-13,15H2,(H,23,25). The van der Waals surface area contributed by atoms with Gasteiger partial charge in [0.2, 0.25) is 11.8 Å². The van der Waals surface area contributed by atoms with Crippen molar-refractivity contribution >= 4 is 17.5 Å². The molecule has 1 N–H and O–H groups in total. The summed E-state index contributed by atoms with van der Waals surface area (Å²) in [5.41, 5.74) is 3.25. The summed E-state index contributed by atoms with van der Waals surface area (Å²) in [5, 5.41) is 2.75. The van der Waals surface area contributed by atoms with Crippen LogP contribution < -0.4 is 19.7 Å². The Morgan fingerprint density at radius 3 is 2.75 bits per heavy atom. The number of nitrogens with zero attached hydrogens (tertiary/aromatic N) is 1. The van der Waals surface area contributed by atoms with Crippen LogP contribution in [-0.2, 0) is 22.4 Å². The Bertz CT molecular complexity index is 881. The quantitative estimate of drug-likeness (QED) is 0.836.